The Bertz CT molecular complexity index is 699. The molecule has 0 radical (unpaired) electrons. The molecule has 0 aliphatic heterocycles. The summed E-state index contributed by atoms with van der Waals surface area (Å²) >= 11 is 0. The molecule has 4 rings (SSSR count). The van der Waals surface area contributed by atoms with Gasteiger partial charge in [-0.3, -0.25) is 4.68 Å². The number of aryl methyl sites for hydroxylation is 1. The number of rotatable bonds is 5. The number of anilines is 1. The Balaban J connectivity index is 1.52. The van der Waals surface area contributed by atoms with Crippen molar-refractivity contribution in [3.05, 3.63) is 18.0 Å². The van der Waals surface area contributed by atoms with E-state index >= 15 is 0 Å². The van der Waals surface area contributed by atoms with Gasteiger partial charge in [0.25, 0.3) is 0 Å². The zero-order valence-corrected chi connectivity index (χ0v) is 14.1. The molecule has 0 amide bonds. The fourth-order valence-corrected chi connectivity index (χ4v) is 3.41. The lowest BCUT2D eigenvalue weighted by molar-refractivity contribution is 0.410. The molecule has 0 unspecified atom stereocenters. The molecule has 7 nitrogen and oxygen atoms in total. The van der Waals surface area contributed by atoms with Gasteiger partial charge in [0.1, 0.15) is 5.69 Å². The van der Waals surface area contributed by atoms with E-state index in [1.807, 2.05) is 17.8 Å². The van der Waals surface area contributed by atoms with E-state index in [4.69, 9.17) is 5.73 Å². The summed E-state index contributed by atoms with van der Waals surface area (Å²) in [5, 5.41) is 12.0. The summed E-state index contributed by atoms with van der Waals surface area (Å²) in [6, 6.07) is 2.68. The molecule has 2 aliphatic rings. The molecule has 2 aromatic rings. The van der Waals surface area contributed by atoms with Crippen molar-refractivity contribution in [1.82, 2.24) is 25.0 Å². The van der Waals surface area contributed by atoms with Crippen molar-refractivity contribution in [2.45, 2.75) is 57.0 Å². The lowest BCUT2D eigenvalue weighted by Crippen LogP contribution is -2.33. The van der Waals surface area contributed by atoms with Crippen LogP contribution in [0.2, 0.25) is 0 Å². The van der Waals surface area contributed by atoms with Gasteiger partial charge < -0.3 is 11.1 Å². The molecule has 0 bridgehead atoms. The zero-order valence-electron chi connectivity index (χ0n) is 14.1. The van der Waals surface area contributed by atoms with E-state index in [0.717, 1.165) is 49.4 Å². The van der Waals surface area contributed by atoms with E-state index in [1.54, 1.807) is 6.20 Å². The fraction of sp³-hybridized carbons (Fsp3) is 0.647. The van der Waals surface area contributed by atoms with Crippen molar-refractivity contribution in [2.75, 3.05) is 5.32 Å². The van der Waals surface area contributed by atoms with E-state index < -0.39 is 0 Å². The number of nitrogens with zero attached hydrogens (tertiary/aromatic N) is 5. The minimum atomic E-state index is 0.347. The van der Waals surface area contributed by atoms with Crippen molar-refractivity contribution in [1.29, 1.82) is 0 Å². The van der Waals surface area contributed by atoms with Gasteiger partial charge in [-0.2, -0.15) is 0 Å². The van der Waals surface area contributed by atoms with E-state index in [-0.39, 0.29) is 0 Å². The first kappa shape index (κ1) is 15.5. The van der Waals surface area contributed by atoms with Crippen LogP contribution < -0.4 is 11.1 Å². The van der Waals surface area contributed by atoms with E-state index in [2.05, 4.69) is 25.6 Å². The third-order valence-electron chi connectivity index (χ3n) is 5.13. The fourth-order valence-electron chi connectivity index (χ4n) is 3.41. The summed E-state index contributed by atoms with van der Waals surface area (Å²) in [5.74, 6) is 1.46. The van der Waals surface area contributed by atoms with E-state index in [9.17, 15) is 0 Å². The molecule has 24 heavy (non-hydrogen) atoms. The number of nitrogens with one attached hydrogen (secondary N) is 1. The lowest BCUT2D eigenvalue weighted by Gasteiger charge is -2.26. The molecule has 0 aromatic carbocycles. The summed E-state index contributed by atoms with van der Waals surface area (Å²) in [7, 11) is 1.96. The van der Waals surface area contributed by atoms with Gasteiger partial charge >= 0.3 is 0 Å². The first-order chi connectivity index (χ1) is 11.7. The minimum absolute atomic E-state index is 0.347. The minimum Gasteiger partial charge on any atom is -0.351 e. The number of hydrogen-bond donors (Lipinski definition) is 2. The third kappa shape index (κ3) is 3.40. The molecule has 2 aliphatic carbocycles. The smallest absolute Gasteiger partial charge is 0.223 e. The maximum atomic E-state index is 5.98. The van der Waals surface area contributed by atoms with Gasteiger partial charge in [-0.25, -0.2) is 9.97 Å². The topological polar surface area (TPSA) is 94.5 Å². The summed E-state index contributed by atoms with van der Waals surface area (Å²) in [5.41, 5.74) is 8.89. The van der Waals surface area contributed by atoms with E-state index in [0.29, 0.717) is 18.0 Å². The zero-order chi connectivity index (χ0) is 16.5. The van der Waals surface area contributed by atoms with Crippen LogP contribution in [0.15, 0.2) is 12.3 Å². The van der Waals surface area contributed by atoms with Crippen LogP contribution in [0, 0.1) is 5.92 Å². The van der Waals surface area contributed by atoms with Crippen molar-refractivity contribution >= 4 is 5.95 Å². The van der Waals surface area contributed by atoms with Crippen molar-refractivity contribution < 1.29 is 0 Å². The largest absolute Gasteiger partial charge is 0.351 e. The molecule has 3 N–H and O–H groups in total. The first-order valence-corrected chi connectivity index (χ1v) is 8.93. The van der Waals surface area contributed by atoms with Gasteiger partial charge in [-0.15, -0.1) is 5.10 Å². The Hall–Kier alpha value is -2.02. The monoisotopic (exact) mass is 327 g/mol. The Labute approximate surface area is 142 Å². The second-order valence-corrected chi connectivity index (χ2v) is 7.18. The van der Waals surface area contributed by atoms with Crippen LogP contribution in [0.3, 0.4) is 0 Å². The highest BCUT2D eigenvalue weighted by Gasteiger charge is 2.26. The Morgan fingerprint density at radius 1 is 1.21 bits per heavy atom. The SMILES string of the molecule is Cn1nnc(-c2ccnc(N[C@H]3CC[C@H](N)CC3)n2)c1CC1CC1. The summed E-state index contributed by atoms with van der Waals surface area (Å²) in [6.07, 6.45) is 9.73. The lowest BCUT2D eigenvalue weighted by atomic mass is 9.92. The van der Waals surface area contributed by atoms with Gasteiger partial charge in [0.15, 0.2) is 0 Å². The van der Waals surface area contributed by atoms with Crippen molar-refractivity contribution in [3.8, 4) is 11.4 Å². The highest BCUT2D eigenvalue weighted by molar-refractivity contribution is 5.58. The Morgan fingerprint density at radius 2 is 2.00 bits per heavy atom. The van der Waals surface area contributed by atoms with Crippen LogP contribution >= 0.6 is 0 Å². The predicted molar refractivity (Wildman–Crippen MR) is 92.3 cm³/mol. The summed E-state index contributed by atoms with van der Waals surface area (Å²) < 4.78 is 1.88. The van der Waals surface area contributed by atoms with Gasteiger partial charge in [0.05, 0.1) is 11.4 Å². The maximum Gasteiger partial charge on any atom is 0.223 e. The number of nitrogens with two attached hydrogens (primary N) is 1. The van der Waals surface area contributed by atoms with Crippen LogP contribution in [-0.4, -0.2) is 37.0 Å². The molecule has 128 valence electrons. The second-order valence-electron chi connectivity index (χ2n) is 7.18. The summed E-state index contributed by atoms with van der Waals surface area (Å²) in [4.78, 5) is 9.07. The van der Waals surface area contributed by atoms with Gasteiger partial charge in [-0.05, 0) is 56.9 Å². The highest BCUT2D eigenvalue weighted by atomic mass is 15.4. The third-order valence-corrected chi connectivity index (χ3v) is 5.13. The first-order valence-electron chi connectivity index (χ1n) is 8.93. The average Bonchev–Trinajstić information content (AvgIpc) is 3.33. The van der Waals surface area contributed by atoms with Gasteiger partial charge in [0.2, 0.25) is 5.95 Å². The molecule has 0 saturated heterocycles. The second kappa shape index (κ2) is 6.47. The molecule has 0 atom stereocenters. The highest BCUT2D eigenvalue weighted by Crippen LogP contribution is 2.34. The van der Waals surface area contributed by atoms with Gasteiger partial charge in [0, 0.05) is 25.3 Å². The van der Waals surface area contributed by atoms with Crippen molar-refractivity contribution in [3.63, 3.8) is 0 Å². The van der Waals surface area contributed by atoms with Crippen molar-refractivity contribution in [2.24, 2.45) is 18.7 Å². The molecule has 0 spiro atoms. The van der Waals surface area contributed by atoms with Crippen LogP contribution in [0.4, 0.5) is 5.95 Å². The molecule has 2 heterocycles. The summed E-state index contributed by atoms with van der Waals surface area (Å²) in [6.45, 7) is 0. The average molecular weight is 327 g/mol. The molecule has 7 heteroatoms. The normalized spacial score (nSPS) is 24.1. The van der Waals surface area contributed by atoms with Crippen LogP contribution in [0.5, 0.6) is 0 Å². The number of hydrogen-bond acceptors (Lipinski definition) is 6. The maximum absolute atomic E-state index is 5.98. The molecule has 2 aromatic heterocycles. The Morgan fingerprint density at radius 3 is 2.75 bits per heavy atom. The van der Waals surface area contributed by atoms with Crippen LogP contribution in [0.25, 0.3) is 11.4 Å². The van der Waals surface area contributed by atoms with E-state index in [1.165, 1.54) is 18.5 Å². The standard InChI is InChI=1S/C17H25N7/c1-24-15(10-11-2-3-11)16(22-23-24)14-8-9-19-17(21-14)20-13-6-4-12(18)5-7-13/h8-9,11-13H,2-7,10,18H2,1H3,(H,19,20,21)/t12-,13-. The molecular formula is C17H25N7. The van der Waals surface area contributed by atoms with Crippen LogP contribution in [0.1, 0.15) is 44.2 Å². The molecule has 2 saturated carbocycles. The Kier molecular flexibility index (Phi) is 4.18. The number of aromatic nitrogens is 5. The van der Waals surface area contributed by atoms with Gasteiger partial charge in [-0.1, -0.05) is 5.21 Å². The predicted octanol–water partition coefficient (Wildman–Crippen LogP) is 1.91. The molecule has 2 fully saturated rings. The molecular weight excluding hydrogens is 302 g/mol. The quantitative estimate of drug-likeness (QED) is 0.871. The van der Waals surface area contributed by atoms with Crippen LogP contribution in [-0.2, 0) is 13.5 Å².